The molecule has 1 aliphatic carbocycles. The molecule has 0 unspecified atom stereocenters. The quantitative estimate of drug-likeness (QED) is 0.923. The minimum absolute atomic E-state index is 0.657. The highest BCUT2D eigenvalue weighted by Gasteiger charge is 2.21. The number of rotatable bonds is 4. The van der Waals surface area contributed by atoms with E-state index in [-0.39, 0.29) is 0 Å². The van der Waals surface area contributed by atoms with Gasteiger partial charge in [-0.2, -0.15) is 5.10 Å². The molecule has 1 N–H and O–H groups in total. The smallest absolute Gasteiger partial charge is 0.0518 e. The molecule has 106 valence electrons. The number of hydrogen-bond acceptors (Lipinski definition) is 2. The minimum Gasteiger partial charge on any atom is -0.308 e. The van der Waals surface area contributed by atoms with Gasteiger partial charge in [-0.05, 0) is 43.2 Å². The second kappa shape index (κ2) is 6.23. The van der Waals surface area contributed by atoms with Crippen molar-refractivity contribution in [2.45, 2.75) is 44.2 Å². The summed E-state index contributed by atoms with van der Waals surface area (Å²) >= 11 is 0. The van der Waals surface area contributed by atoms with Gasteiger partial charge < -0.3 is 5.32 Å². The zero-order chi connectivity index (χ0) is 13.8. The summed E-state index contributed by atoms with van der Waals surface area (Å²) in [4.78, 5) is 0. The Morgan fingerprint density at radius 3 is 2.50 bits per heavy atom. The lowest BCUT2D eigenvalue weighted by atomic mass is 9.82. The molecule has 3 nitrogen and oxygen atoms in total. The van der Waals surface area contributed by atoms with Gasteiger partial charge in [-0.3, -0.25) is 4.68 Å². The maximum atomic E-state index is 4.21. The number of nitrogens with one attached hydrogen (secondary N) is 1. The van der Waals surface area contributed by atoms with Crippen molar-refractivity contribution in [1.29, 1.82) is 0 Å². The molecular formula is C17H23N3. The highest BCUT2D eigenvalue weighted by Crippen LogP contribution is 2.32. The predicted octanol–water partition coefficient (Wildman–Crippen LogP) is 3.24. The van der Waals surface area contributed by atoms with E-state index in [0.717, 1.165) is 12.5 Å². The Hall–Kier alpha value is -1.61. The van der Waals surface area contributed by atoms with Crippen LogP contribution in [-0.2, 0) is 13.6 Å². The summed E-state index contributed by atoms with van der Waals surface area (Å²) in [5.74, 6) is 0.756. The summed E-state index contributed by atoms with van der Waals surface area (Å²) in [6.07, 6.45) is 7.01. The van der Waals surface area contributed by atoms with E-state index in [1.54, 1.807) is 0 Å². The molecular weight excluding hydrogens is 246 g/mol. The first-order chi connectivity index (χ1) is 9.83. The van der Waals surface area contributed by atoms with Crippen LogP contribution in [0.2, 0.25) is 0 Å². The molecule has 20 heavy (non-hydrogen) atoms. The molecule has 0 bridgehead atoms. The van der Waals surface area contributed by atoms with Crippen LogP contribution < -0.4 is 5.32 Å². The lowest BCUT2D eigenvalue weighted by Gasteiger charge is -2.29. The van der Waals surface area contributed by atoms with Crippen LogP contribution in [-0.4, -0.2) is 15.8 Å². The maximum Gasteiger partial charge on any atom is 0.0518 e. The molecule has 0 spiro atoms. The number of hydrogen-bond donors (Lipinski definition) is 1. The fourth-order valence-electron chi connectivity index (χ4n) is 3.18. The second-order valence-electron chi connectivity index (χ2n) is 5.79. The lowest BCUT2D eigenvalue weighted by Crippen LogP contribution is -2.32. The molecule has 0 saturated heterocycles. The van der Waals surface area contributed by atoms with Crippen LogP contribution in [0, 0.1) is 0 Å². The Balaban J connectivity index is 1.48. The molecule has 2 aromatic rings. The second-order valence-corrected chi connectivity index (χ2v) is 5.79. The average Bonchev–Trinajstić information content (AvgIpc) is 2.92. The third kappa shape index (κ3) is 3.10. The van der Waals surface area contributed by atoms with Gasteiger partial charge >= 0.3 is 0 Å². The van der Waals surface area contributed by atoms with Crippen LogP contribution in [0.25, 0.3) is 0 Å². The molecule has 1 aromatic heterocycles. The van der Waals surface area contributed by atoms with E-state index >= 15 is 0 Å². The van der Waals surface area contributed by atoms with E-state index in [2.05, 4.69) is 46.8 Å². The third-order valence-electron chi connectivity index (χ3n) is 4.49. The normalized spacial score (nSPS) is 22.9. The first-order valence-corrected chi connectivity index (χ1v) is 7.58. The largest absolute Gasteiger partial charge is 0.308 e. The fraction of sp³-hybridized carbons (Fsp3) is 0.471. The Bertz CT molecular complexity index is 524. The molecule has 0 aliphatic heterocycles. The Morgan fingerprint density at radius 2 is 1.85 bits per heavy atom. The van der Waals surface area contributed by atoms with Gasteiger partial charge in [-0.25, -0.2) is 0 Å². The van der Waals surface area contributed by atoms with E-state index in [9.17, 15) is 0 Å². The molecule has 3 rings (SSSR count). The summed E-state index contributed by atoms with van der Waals surface area (Å²) in [5, 5.41) is 7.88. The standard InChI is InChI=1S/C17H23N3/c1-20-17(11-12-19-20)13-18-16-9-7-15(8-10-16)14-5-3-2-4-6-14/h2-6,11-12,15-16,18H,7-10,13H2,1H3. The topological polar surface area (TPSA) is 29.9 Å². The van der Waals surface area contributed by atoms with Gasteiger partial charge in [0.05, 0.1) is 5.69 Å². The molecule has 1 aliphatic rings. The average molecular weight is 269 g/mol. The zero-order valence-corrected chi connectivity index (χ0v) is 12.1. The molecule has 1 aromatic carbocycles. The first kappa shape index (κ1) is 13.4. The Morgan fingerprint density at radius 1 is 1.10 bits per heavy atom. The summed E-state index contributed by atoms with van der Waals surface area (Å²) < 4.78 is 1.95. The number of benzene rings is 1. The van der Waals surface area contributed by atoms with Crippen LogP contribution in [0.15, 0.2) is 42.6 Å². The van der Waals surface area contributed by atoms with E-state index in [1.807, 2.05) is 17.9 Å². The van der Waals surface area contributed by atoms with Gasteiger partial charge in [0.1, 0.15) is 0 Å². The highest BCUT2D eigenvalue weighted by atomic mass is 15.3. The number of nitrogens with zero attached hydrogens (tertiary/aromatic N) is 2. The van der Waals surface area contributed by atoms with Gasteiger partial charge in [0.2, 0.25) is 0 Å². The van der Waals surface area contributed by atoms with E-state index < -0.39 is 0 Å². The summed E-state index contributed by atoms with van der Waals surface area (Å²) in [5.41, 5.74) is 2.77. The molecule has 0 amide bonds. The molecule has 3 heteroatoms. The van der Waals surface area contributed by atoms with Gasteiger partial charge in [-0.15, -0.1) is 0 Å². The summed E-state index contributed by atoms with van der Waals surface area (Å²) in [6, 6.07) is 13.7. The zero-order valence-electron chi connectivity index (χ0n) is 12.1. The van der Waals surface area contributed by atoms with Crippen molar-refractivity contribution < 1.29 is 0 Å². The van der Waals surface area contributed by atoms with Crippen LogP contribution in [0.3, 0.4) is 0 Å². The minimum atomic E-state index is 0.657. The van der Waals surface area contributed by atoms with Crippen LogP contribution in [0.4, 0.5) is 0 Å². The van der Waals surface area contributed by atoms with Crippen molar-refractivity contribution >= 4 is 0 Å². The van der Waals surface area contributed by atoms with Crippen molar-refractivity contribution in [1.82, 2.24) is 15.1 Å². The van der Waals surface area contributed by atoms with Gasteiger partial charge in [0, 0.05) is 25.8 Å². The van der Waals surface area contributed by atoms with Gasteiger partial charge in [0.15, 0.2) is 0 Å². The van der Waals surface area contributed by atoms with E-state index in [1.165, 1.54) is 36.9 Å². The lowest BCUT2D eigenvalue weighted by molar-refractivity contribution is 0.339. The Labute approximate surface area is 121 Å². The SMILES string of the molecule is Cn1nccc1CNC1CCC(c2ccccc2)CC1. The van der Waals surface area contributed by atoms with Crippen LogP contribution >= 0.6 is 0 Å². The molecule has 1 heterocycles. The van der Waals surface area contributed by atoms with Crippen LogP contribution in [0.5, 0.6) is 0 Å². The summed E-state index contributed by atoms with van der Waals surface area (Å²) in [7, 11) is 2.00. The third-order valence-corrected chi connectivity index (χ3v) is 4.49. The van der Waals surface area contributed by atoms with Gasteiger partial charge in [0.25, 0.3) is 0 Å². The Kier molecular flexibility index (Phi) is 4.16. The molecule has 0 radical (unpaired) electrons. The number of aryl methyl sites for hydroxylation is 1. The fourth-order valence-corrected chi connectivity index (χ4v) is 3.18. The molecule has 1 fully saturated rings. The van der Waals surface area contributed by atoms with Gasteiger partial charge in [-0.1, -0.05) is 30.3 Å². The maximum absolute atomic E-state index is 4.21. The van der Waals surface area contributed by atoms with Crippen molar-refractivity contribution in [3.8, 4) is 0 Å². The predicted molar refractivity (Wildman–Crippen MR) is 81.5 cm³/mol. The van der Waals surface area contributed by atoms with E-state index in [0.29, 0.717) is 6.04 Å². The number of aromatic nitrogens is 2. The van der Waals surface area contributed by atoms with Crippen molar-refractivity contribution in [3.63, 3.8) is 0 Å². The van der Waals surface area contributed by atoms with Crippen molar-refractivity contribution in [3.05, 3.63) is 53.9 Å². The molecule has 0 atom stereocenters. The van der Waals surface area contributed by atoms with E-state index in [4.69, 9.17) is 0 Å². The first-order valence-electron chi connectivity index (χ1n) is 7.58. The molecule has 1 saturated carbocycles. The van der Waals surface area contributed by atoms with Crippen molar-refractivity contribution in [2.75, 3.05) is 0 Å². The van der Waals surface area contributed by atoms with Crippen molar-refractivity contribution in [2.24, 2.45) is 7.05 Å². The monoisotopic (exact) mass is 269 g/mol. The van der Waals surface area contributed by atoms with Crippen LogP contribution in [0.1, 0.15) is 42.9 Å². The highest BCUT2D eigenvalue weighted by molar-refractivity contribution is 5.20. The summed E-state index contributed by atoms with van der Waals surface area (Å²) in [6.45, 7) is 0.928.